The summed E-state index contributed by atoms with van der Waals surface area (Å²) in [7, 11) is 2.23. The van der Waals surface area contributed by atoms with Gasteiger partial charge in [0.15, 0.2) is 10.6 Å². The lowest BCUT2D eigenvalue weighted by atomic mass is 10.2. The minimum absolute atomic E-state index is 0.716. The van der Waals surface area contributed by atoms with E-state index < -0.39 is 0 Å². The summed E-state index contributed by atoms with van der Waals surface area (Å²) in [6, 6.07) is 4.89. The molecule has 1 N–H and O–H groups in total. The van der Waals surface area contributed by atoms with E-state index in [1.54, 1.807) is 11.3 Å². The molecule has 6 heteroatoms. The summed E-state index contributed by atoms with van der Waals surface area (Å²) in [4.78, 5) is 3.64. The first kappa shape index (κ1) is 14.0. The number of hydrogen-bond acceptors (Lipinski definition) is 4. The Balaban J connectivity index is 1.71. The Kier molecular flexibility index (Phi) is 4.33. The fourth-order valence-corrected chi connectivity index (χ4v) is 3.85. The summed E-state index contributed by atoms with van der Waals surface area (Å²) < 4.78 is 2.83. The lowest BCUT2D eigenvalue weighted by molar-refractivity contribution is 0.236. The first-order chi connectivity index (χ1) is 9.75. The Labute approximate surface area is 128 Å². The predicted molar refractivity (Wildman–Crippen MR) is 85.6 cm³/mol. The zero-order chi connectivity index (χ0) is 13.9. The second-order valence-corrected chi connectivity index (χ2v) is 6.73. The molecule has 4 nitrogen and oxygen atoms in total. The van der Waals surface area contributed by atoms with Crippen molar-refractivity contribution in [2.75, 3.05) is 13.6 Å². The van der Waals surface area contributed by atoms with Crippen molar-refractivity contribution in [1.29, 1.82) is 0 Å². The average Bonchev–Trinajstić information content (AvgIpc) is 3.18. The van der Waals surface area contributed by atoms with Crippen molar-refractivity contribution < 1.29 is 0 Å². The van der Waals surface area contributed by atoms with Gasteiger partial charge in [0.25, 0.3) is 0 Å². The van der Waals surface area contributed by atoms with Gasteiger partial charge in [0.1, 0.15) is 0 Å². The molecular weight excluding hydrogens is 288 g/mol. The van der Waals surface area contributed by atoms with Crippen LogP contribution in [0.1, 0.15) is 25.7 Å². The molecule has 0 aromatic carbocycles. The second kappa shape index (κ2) is 6.20. The highest BCUT2D eigenvalue weighted by atomic mass is 32.1. The summed E-state index contributed by atoms with van der Waals surface area (Å²) in [6.45, 7) is 1.92. The summed E-state index contributed by atoms with van der Waals surface area (Å²) in [5.41, 5.74) is 0. The van der Waals surface area contributed by atoms with Gasteiger partial charge in [-0.3, -0.25) is 9.67 Å². The number of likely N-dealkylation sites (N-methyl/N-ethyl adjacent to an activating group) is 1. The Morgan fingerprint density at radius 1 is 1.50 bits per heavy atom. The van der Waals surface area contributed by atoms with Crippen LogP contribution in [-0.4, -0.2) is 39.3 Å². The van der Waals surface area contributed by atoms with Crippen LogP contribution in [0.5, 0.6) is 0 Å². The number of rotatable bonds is 5. The normalized spacial score (nSPS) is 16.3. The van der Waals surface area contributed by atoms with E-state index in [1.165, 1.54) is 30.6 Å². The van der Waals surface area contributed by atoms with Crippen molar-refractivity contribution in [2.45, 2.75) is 38.3 Å². The Bertz CT molecular complexity index is 593. The number of H-pyrrole nitrogens is 1. The highest BCUT2D eigenvalue weighted by molar-refractivity contribution is 7.71. The lowest BCUT2D eigenvalue weighted by Crippen LogP contribution is -2.32. The molecule has 20 heavy (non-hydrogen) atoms. The van der Waals surface area contributed by atoms with Crippen LogP contribution >= 0.6 is 23.6 Å². The van der Waals surface area contributed by atoms with Crippen molar-refractivity contribution >= 4 is 23.6 Å². The second-order valence-electron chi connectivity index (χ2n) is 5.40. The maximum Gasteiger partial charge on any atom is 0.195 e. The Morgan fingerprint density at radius 3 is 3.00 bits per heavy atom. The third kappa shape index (κ3) is 2.87. The number of aromatic nitrogens is 3. The van der Waals surface area contributed by atoms with Crippen molar-refractivity contribution in [2.24, 2.45) is 0 Å². The van der Waals surface area contributed by atoms with Gasteiger partial charge in [0.05, 0.1) is 4.88 Å². The van der Waals surface area contributed by atoms with Crippen LogP contribution in [0.4, 0.5) is 0 Å². The van der Waals surface area contributed by atoms with E-state index in [1.807, 2.05) is 6.07 Å². The molecule has 0 radical (unpaired) electrons. The summed E-state index contributed by atoms with van der Waals surface area (Å²) in [5, 5.41) is 9.37. The van der Waals surface area contributed by atoms with E-state index in [-0.39, 0.29) is 0 Å². The quantitative estimate of drug-likeness (QED) is 0.858. The monoisotopic (exact) mass is 308 g/mol. The van der Waals surface area contributed by atoms with Crippen LogP contribution in [0.3, 0.4) is 0 Å². The first-order valence-electron chi connectivity index (χ1n) is 7.15. The summed E-state index contributed by atoms with van der Waals surface area (Å²) in [6.07, 6.45) is 5.43. The van der Waals surface area contributed by atoms with E-state index in [0.717, 1.165) is 25.0 Å². The molecule has 1 aliphatic carbocycles. The molecule has 2 aromatic heterocycles. The van der Waals surface area contributed by atoms with E-state index in [2.05, 4.69) is 38.2 Å². The van der Waals surface area contributed by atoms with Crippen LogP contribution in [0, 0.1) is 4.77 Å². The van der Waals surface area contributed by atoms with E-state index in [9.17, 15) is 0 Å². The average molecular weight is 308 g/mol. The summed E-state index contributed by atoms with van der Waals surface area (Å²) >= 11 is 7.06. The standard InChI is InChI=1S/C14H20N4S2/c1-17(11-5-2-3-6-11)8-9-18-13(15-16-14(18)19)12-7-4-10-20-12/h4,7,10-11H,2-3,5-6,8-9H2,1H3,(H,16,19). The molecule has 1 aliphatic rings. The van der Waals surface area contributed by atoms with Gasteiger partial charge >= 0.3 is 0 Å². The Morgan fingerprint density at radius 2 is 2.30 bits per heavy atom. The van der Waals surface area contributed by atoms with Crippen LogP contribution in [0.15, 0.2) is 17.5 Å². The molecule has 2 heterocycles. The predicted octanol–water partition coefficient (Wildman–Crippen LogP) is 3.54. The molecule has 108 valence electrons. The maximum atomic E-state index is 5.36. The molecule has 0 spiro atoms. The maximum absolute atomic E-state index is 5.36. The fraction of sp³-hybridized carbons (Fsp3) is 0.571. The highest BCUT2D eigenvalue weighted by Gasteiger charge is 2.19. The third-order valence-electron chi connectivity index (χ3n) is 4.12. The van der Waals surface area contributed by atoms with Crippen molar-refractivity contribution in [3.05, 3.63) is 22.3 Å². The van der Waals surface area contributed by atoms with Crippen LogP contribution in [0.25, 0.3) is 10.7 Å². The van der Waals surface area contributed by atoms with E-state index in [4.69, 9.17) is 12.2 Å². The van der Waals surface area contributed by atoms with Gasteiger partial charge in [-0.1, -0.05) is 18.9 Å². The molecule has 3 rings (SSSR count). The van der Waals surface area contributed by atoms with E-state index >= 15 is 0 Å². The molecule has 2 aromatic rings. The topological polar surface area (TPSA) is 36.9 Å². The molecule has 0 saturated heterocycles. The molecule has 1 saturated carbocycles. The van der Waals surface area contributed by atoms with Gasteiger partial charge < -0.3 is 4.90 Å². The summed E-state index contributed by atoms with van der Waals surface area (Å²) in [5.74, 6) is 0.963. The van der Waals surface area contributed by atoms with Gasteiger partial charge in [-0.25, -0.2) is 0 Å². The number of aromatic amines is 1. The fourth-order valence-electron chi connectivity index (χ4n) is 2.90. The van der Waals surface area contributed by atoms with E-state index in [0.29, 0.717) is 4.77 Å². The van der Waals surface area contributed by atoms with Crippen molar-refractivity contribution in [3.8, 4) is 10.7 Å². The third-order valence-corrected chi connectivity index (χ3v) is 5.30. The van der Waals surface area contributed by atoms with Gasteiger partial charge in [-0.05, 0) is 43.6 Å². The zero-order valence-corrected chi connectivity index (χ0v) is 13.3. The van der Waals surface area contributed by atoms with Gasteiger partial charge in [0.2, 0.25) is 0 Å². The Hall–Kier alpha value is -0.980. The van der Waals surface area contributed by atoms with Crippen LogP contribution in [0.2, 0.25) is 0 Å². The molecule has 0 atom stereocenters. The smallest absolute Gasteiger partial charge is 0.195 e. The SMILES string of the molecule is CN(CCn1c(-c2cccs2)n[nH]c1=S)C1CCCC1. The zero-order valence-electron chi connectivity index (χ0n) is 11.7. The minimum atomic E-state index is 0.716. The minimum Gasteiger partial charge on any atom is -0.302 e. The molecule has 0 aliphatic heterocycles. The van der Waals surface area contributed by atoms with Crippen LogP contribution in [-0.2, 0) is 6.54 Å². The van der Waals surface area contributed by atoms with Gasteiger partial charge in [0, 0.05) is 19.1 Å². The molecule has 1 fully saturated rings. The number of nitrogens with zero attached hydrogens (tertiary/aromatic N) is 3. The number of thiophene rings is 1. The molecule has 0 amide bonds. The van der Waals surface area contributed by atoms with Gasteiger partial charge in [-0.15, -0.1) is 11.3 Å². The lowest BCUT2D eigenvalue weighted by Gasteiger charge is -2.24. The number of hydrogen-bond donors (Lipinski definition) is 1. The van der Waals surface area contributed by atoms with Gasteiger partial charge in [-0.2, -0.15) is 5.10 Å². The van der Waals surface area contributed by atoms with Crippen molar-refractivity contribution in [1.82, 2.24) is 19.7 Å². The van der Waals surface area contributed by atoms with Crippen LogP contribution < -0.4 is 0 Å². The molecule has 0 bridgehead atoms. The highest BCUT2D eigenvalue weighted by Crippen LogP contribution is 2.24. The first-order valence-corrected chi connectivity index (χ1v) is 8.44. The molecule has 0 unspecified atom stereocenters. The largest absolute Gasteiger partial charge is 0.302 e. The molecular formula is C14H20N4S2. The van der Waals surface area contributed by atoms with Crippen molar-refractivity contribution in [3.63, 3.8) is 0 Å². The number of nitrogens with one attached hydrogen (secondary N) is 1.